The highest BCUT2D eigenvalue weighted by Gasteiger charge is 2.22. The van der Waals surface area contributed by atoms with E-state index in [-0.39, 0.29) is 6.61 Å². The van der Waals surface area contributed by atoms with Crippen LogP contribution in [0.3, 0.4) is 0 Å². The summed E-state index contributed by atoms with van der Waals surface area (Å²) in [6.07, 6.45) is 1.11. The van der Waals surface area contributed by atoms with Gasteiger partial charge in [-0.3, -0.25) is 0 Å². The molecule has 0 bridgehead atoms. The monoisotopic (exact) mass is 208 g/mol. The topological polar surface area (TPSA) is 20.2 Å². The van der Waals surface area contributed by atoms with Gasteiger partial charge in [-0.1, -0.05) is 12.1 Å². The molecule has 1 heterocycles. The lowest BCUT2D eigenvalue weighted by molar-refractivity contribution is 0.260. The van der Waals surface area contributed by atoms with Crippen LogP contribution >= 0.6 is 11.8 Å². The predicted molar refractivity (Wildman–Crippen MR) is 61.1 cm³/mol. The van der Waals surface area contributed by atoms with Crippen LogP contribution in [0.1, 0.15) is 29.0 Å². The van der Waals surface area contributed by atoms with E-state index in [1.54, 1.807) is 0 Å². The maximum absolute atomic E-state index is 9.34. The van der Waals surface area contributed by atoms with E-state index >= 15 is 0 Å². The average Bonchev–Trinajstić information content (AvgIpc) is 2.23. The minimum atomic E-state index is 0.290. The van der Waals surface area contributed by atoms with E-state index in [1.807, 2.05) is 11.8 Å². The van der Waals surface area contributed by atoms with Crippen LogP contribution in [-0.2, 0) is 0 Å². The summed E-state index contributed by atoms with van der Waals surface area (Å²) in [5, 5.41) is 9.34. The molecule has 0 aromatic heterocycles. The van der Waals surface area contributed by atoms with Gasteiger partial charge in [-0.25, -0.2) is 0 Å². The number of aliphatic hydroxyl groups excluding tert-OH is 1. The van der Waals surface area contributed by atoms with Gasteiger partial charge in [0.25, 0.3) is 0 Å². The lowest BCUT2D eigenvalue weighted by Gasteiger charge is -2.26. The van der Waals surface area contributed by atoms with Gasteiger partial charge >= 0.3 is 0 Å². The van der Waals surface area contributed by atoms with Crippen LogP contribution in [0.5, 0.6) is 0 Å². The van der Waals surface area contributed by atoms with Crippen molar-refractivity contribution in [2.45, 2.75) is 31.1 Å². The summed E-state index contributed by atoms with van der Waals surface area (Å²) in [5.41, 5.74) is 4.08. The molecule has 2 heteroatoms. The zero-order valence-corrected chi connectivity index (χ0v) is 9.53. The first kappa shape index (κ1) is 10.1. The second-order valence-electron chi connectivity index (χ2n) is 3.96. The van der Waals surface area contributed by atoms with Gasteiger partial charge in [0.05, 0.1) is 6.61 Å². The van der Waals surface area contributed by atoms with Crippen LogP contribution in [0, 0.1) is 13.8 Å². The number of hydrogen-bond acceptors (Lipinski definition) is 2. The summed E-state index contributed by atoms with van der Waals surface area (Å²) >= 11 is 1.94. The largest absolute Gasteiger partial charge is 0.396 e. The number of aliphatic hydroxyl groups is 1. The zero-order valence-electron chi connectivity index (χ0n) is 8.71. The number of thioether (sulfide) groups is 1. The third kappa shape index (κ3) is 1.57. The average molecular weight is 208 g/mol. The molecular formula is C12H16OS. The van der Waals surface area contributed by atoms with Crippen molar-refractivity contribution in [3.63, 3.8) is 0 Å². The van der Waals surface area contributed by atoms with Crippen molar-refractivity contribution in [3.05, 3.63) is 28.8 Å². The molecule has 0 spiro atoms. The number of fused-ring (bicyclic) bond motifs is 1. The van der Waals surface area contributed by atoms with E-state index in [1.165, 1.54) is 21.6 Å². The first-order chi connectivity index (χ1) is 6.74. The maximum Gasteiger partial charge on any atom is 0.0500 e. The van der Waals surface area contributed by atoms with E-state index in [0.29, 0.717) is 5.92 Å². The van der Waals surface area contributed by atoms with Crippen LogP contribution in [0.25, 0.3) is 0 Å². The van der Waals surface area contributed by atoms with Gasteiger partial charge in [0, 0.05) is 10.8 Å². The van der Waals surface area contributed by atoms with Gasteiger partial charge in [0.15, 0.2) is 0 Å². The molecule has 1 N–H and O–H groups in total. The van der Waals surface area contributed by atoms with E-state index in [2.05, 4.69) is 26.0 Å². The van der Waals surface area contributed by atoms with Crippen molar-refractivity contribution in [3.8, 4) is 0 Å². The van der Waals surface area contributed by atoms with Crippen LogP contribution in [0.2, 0.25) is 0 Å². The normalized spacial score (nSPS) is 20.6. The minimum Gasteiger partial charge on any atom is -0.396 e. The quantitative estimate of drug-likeness (QED) is 0.766. The molecule has 0 aliphatic carbocycles. The number of hydrogen-bond donors (Lipinski definition) is 1. The number of benzene rings is 1. The second kappa shape index (κ2) is 3.95. The van der Waals surface area contributed by atoms with Crippen LogP contribution < -0.4 is 0 Å². The van der Waals surface area contributed by atoms with Crippen LogP contribution in [0.15, 0.2) is 17.0 Å². The molecule has 0 saturated heterocycles. The fourth-order valence-corrected chi connectivity index (χ4v) is 3.52. The molecule has 2 rings (SSSR count). The SMILES string of the molecule is Cc1ccc(C)c2c1SCCC2CO. The van der Waals surface area contributed by atoms with Crippen molar-refractivity contribution in [1.82, 2.24) is 0 Å². The summed E-state index contributed by atoms with van der Waals surface area (Å²) < 4.78 is 0. The Balaban J connectivity index is 2.55. The van der Waals surface area contributed by atoms with Gasteiger partial charge in [0.2, 0.25) is 0 Å². The zero-order chi connectivity index (χ0) is 10.1. The van der Waals surface area contributed by atoms with Gasteiger partial charge in [0.1, 0.15) is 0 Å². The van der Waals surface area contributed by atoms with Gasteiger partial charge in [-0.05, 0) is 42.7 Å². The third-order valence-electron chi connectivity index (χ3n) is 2.95. The van der Waals surface area contributed by atoms with Crippen molar-refractivity contribution < 1.29 is 5.11 Å². The van der Waals surface area contributed by atoms with Crippen molar-refractivity contribution in [2.75, 3.05) is 12.4 Å². The number of rotatable bonds is 1. The Hall–Kier alpha value is -0.470. The minimum absolute atomic E-state index is 0.290. The summed E-state index contributed by atoms with van der Waals surface area (Å²) in [7, 11) is 0. The van der Waals surface area contributed by atoms with E-state index < -0.39 is 0 Å². The molecule has 0 amide bonds. The summed E-state index contributed by atoms with van der Waals surface area (Å²) in [4.78, 5) is 1.41. The molecule has 14 heavy (non-hydrogen) atoms. The Morgan fingerprint density at radius 1 is 1.36 bits per heavy atom. The second-order valence-corrected chi connectivity index (χ2v) is 5.06. The van der Waals surface area contributed by atoms with E-state index in [4.69, 9.17) is 0 Å². The molecule has 1 aliphatic heterocycles. The fourth-order valence-electron chi connectivity index (χ4n) is 2.14. The molecule has 76 valence electrons. The molecule has 0 fully saturated rings. The summed E-state index contributed by atoms with van der Waals surface area (Å²) in [6.45, 7) is 4.59. The van der Waals surface area contributed by atoms with Gasteiger partial charge < -0.3 is 5.11 Å². The van der Waals surface area contributed by atoms with Gasteiger partial charge in [-0.15, -0.1) is 11.8 Å². The molecule has 0 radical (unpaired) electrons. The Labute approximate surface area is 89.5 Å². The predicted octanol–water partition coefficient (Wildman–Crippen LogP) is 2.88. The van der Waals surface area contributed by atoms with E-state index in [0.717, 1.165) is 12.2 Å². The highest BCUT2D eigenvalue weighted by molar-refractivity contribution is 7.99. The molecule has 1 atom stereocenters. The van der Waals surface area contributed by atoms with Crippen molar-refractivity contribution in [2.24, 2.45) is 0 Å². The number of aryl methyl sites for hydroxylation is 2. The van der Waals surface area contributed by atoms with Crippen LogP contribution in [0.4, 0.5) is 0 Å². The molecule has 1 unspecified atom stereocenters. The Morgan fingerprint density at radius 3 is 2.79 bits per heavy atom. The van der Waals surface area contributed by atoms with Crippen LogP contribution in [-0.4, -0.2) is 17.5 Å². The molecule has 1 aromatic carbocycles. The first-order valence-corrected chi connectivity index (χ1v) is 6.06. The third-order valence-corrected chi connectivity index (χ3v) is 4.22. The molecule has 0 saturated carbocycles. The fraction of sp³-hybridized carbons (Fsp3) is 0.500. The standard InChI is InChI=1S/C12H16OS/c1-8-3-4-9(2)12-11(8)10(7-13)5-6-14-12/h3-4,10,13H,5-7H2,1-2H3. The molecule has 1 nitrogen and oxygen atoms in total. The highest BCUT2D eigenvalue weighted by Crippen LogP contribution is 2.40. The van der Waals surface area contributed by atoms with Crippen molar-refractivity contribution >= 4 is 11.8 Å². The molecule has 1 aliphatic rings. The maximum atomic E-state index is 9.34. The van der Waals surface area contributed by atoms with Gasteiger partial charge in [-0.2, -0.15) is 0 Å². The highest BCUT2D eigenvalue weighted by atomic mass is 32.2. The first-order valence-electron chi connectivity index (χ1n) is 5.07. The lowest BCUT2D eigenvalue weighted by Crippen LogP contribution is -2.13. The Kier molecular flexibility index (Phi) is 2.84. The Bertz CT molecular complexity index is 346. The lowest BCUT2D eigenvalue weighted by atomic mass is 9.91. The van der Waals surface area contributed by atoms with Crippen molar-refractivity contribution in [1.29, 1.82) is 0 Å². The smallest absolute Gasteiger partial charge is 0.0500 e. The molecular weight excluding hydrogens is 192 g/mol. The van der Waals surface area contributed by atoms with E-state index in [9.17, 15) is 5.11 Å². The summed E-state index contributed by atoms with van der Waals surface area (Å²) in [5.74, 6) is 1.51. The summed E-state index contributed by atoms with van der Waals surface area (Å²) in [6, 6.07) is 4.35. The Morgan fingerprint density at radius 2 is 2.07 bits per heavy atom. The molecule has 1 aromatic rings.